The number of aryl methyl sites for hydroxylation is 2. The molecule has 4 aliphatic rings. The highest BCUT2D eigenvalue weighted by Crippen LogP contribution is 2.55. The van der Waals surface area contributed by atoms with Crippen LogP contribution in [0.15, 0.2) is 73.1 Å². The third kappa shape index (κ3) is 9.65. The number of hydrogen-bond donors (Lipinski definition) is 3. The lowest BCUT2D eigenvalue weighted by molar-refractivity contribution is -0.184. The second kappa shape index (κ2) is 19.5. The molecule has 0 spiro atoms. The summed E-state index contributed by atoms with van der Waals surface area (Å²) < 4.78 is 12.0. The van der Waals surface area contributed by atoms with Gasteiger partial charge in [-0.25, -0.2) is 0 Å². The molecule has 63 heavy (non-hydrogen) atoms. The number of aliphatic hydroxyl groups excluding tert-OH is 1. The van der Waals surface area contributed by atoms with Gasteiger partial charge in [-0.15, -0.1) is 0 Å². The first-order chi connectivity index (χ1) is 30.2. The summed E-state index contributed by atoms with van der Waals surface area (Å²) in [5, 5.41) is 33.2. The number of rotatable bonds is 12. The highest BCUT2D eigenvalue weighted by atomic mass is 16.6. The molecule has 0 amide bonds. The van der Waals surface area contributed by atoms with E-state index in [0.717, 1.165) is 115 Å². The van der Waals surface area contributed by atoms with E-state index in [1.165, 1.54) is 5.56 Å². The molecule has 0 radical (unpaired) electrons. The van der Waals surface area contributed by atoms with Crippen LogP contribution in [0.1, 0.15) is 170 Å². The van der Waals surface area contributed by atoms with Gasteiger partial charge >= 0.3 is 0 Å². The second-order valence-corrected chi connectivity index (χ2v) is 19.3. The largest absolute Gasteiger partial charge is 0.390 e. The molecule has 2 aromatic heterocycles. The highest BCUT2D eigenvalue weighted by molar-refractivity contribution is 5.98. The molecular formula is C54H70N2O7. The molecule has 7 atom stereocenters. The average molecular weight is 859 g/mol. The summed E-state index contributed by atoms with van der Waals surface area (Å²) in [5.74, 6) is 0.310. The Morgan fingerprint density at radius 3 is 1.71 bits per heavy atom. The van der Waals surface area contributed by atoms with Gasteiger partial charge < -0.3 is 24.8 Å². The van der Waals surface area contributed by atoms with Crippen LogP contribution in [0, 0.1) is 25.7 Å². The monoisotopic (exact) mass is 859 g/mol. The van der Waals surface area contributed by atoms with Gasteiger partial charge in [0.2, 0.25) is 0 Å². The fourth-order valence-electron chi connectivity index (χ4n) is 12.0. The summed E-state index contributed by atoms with van der Waals surface area (Å²) in [6.07, 6.45) is 13.3. The first-order valence-electron chi connectivity index (χ1n) is 23.7. The van der Waals surface area contributed by atoms with Gasteiger partial charge in [-0.2, -0.15) is 0 Å². The maximum atomic E-state index is 13.0. The Balaban J connectivity index is 0.000000189. The number of ketones is 2. The molecule has 9 nitrogen and oxygen atoms in total. The van der Waals surface area contributed by atoms with Crippen LogP contribution < -0.4 is 0 Å². The zero-order valence-corrected chi connectivity index (χ0v) is 38.6. The van der Waals surface area contributed by atoms with Crippen LogP contribution in [0.25, 0.3) is 0 Å². The Morgan fingerprint density at radius 2 is 1.19 bits per heavy atom. The maximum Gasteiger partial charge on any atom is 0.167 e. The molecule has 2 fully saturated rings. The van der Waals surface area contributed by atoms with Crippen molar-refractivity contribution in [2.24, 2.45) is 11.8 Å². The molecule has 4 heterocycles. The van der Waals surface area contributed by atoms with Gasteiger partial charge in [0.15, 0.2) is 17.9 Å². The van der Waals surface area contributed by atoms with Crippen molar-refractivity contribution in [2.75, 3.05) is 6.61 Å². The molecule has 8 rings (SSSR count). The second-order valence-electron chi connectivity index (χ2n) is 19.3. The number of Topliss-reactive ketones (excluding diaryl/α,β-unsaturated/α-hetero) is 2. The van der Waals surface area contributed by atoms with Crippen LogP contribution in [0.3, 0.4) is 0 Å². The molecule has 2 aromatic carbocycles. The van der Waals surface area contributed by atoms with Crippen molar-refractivity contribution in [1.82, 2.24) is 9.97 Å². The van der Waals surface area contributed by atoms with E-state index in [1.807, 2.05) is 56.3 Å². The van der Waals surface area contributed by atoms with Gasteiger partial charge in [0.25, 0.3) is 0 Å². The quantitative estimate of drug-likeness (QED) is 0.119. The first-order valence-corrected chi connectivity index (χ1v) is 23.7. The van der Waals surface area contributed by atoms with E-state index in [4.69, 9.17) is 9.47 Å². The normalized spacial score (nSPS) is 28.7. The zero-order chi connectivity index (χ0) is 45.0. The number of pyridine rings is 2. The van der Waals surface area contributed by atoms with Crippen LogP contribution in [0.2, 0.25) is 0 Å². The van der Waals surface area contributed by atoms with Gasteiger partial charge in [0, 0.05) is 64.5 Å². The zero-order valence-electron chi connectivity index (χ0n) is 38.6. The number of nitrogens with zero attached hydrogens (tertiary/aromatic N) is 2. The maximum absolute atomic E-state index is 13.0. The number of aliphatic hydroxyl groups is 3. The van der Waals surface area contributed by atoms with E-state index in [-0.39, 0.29) is 34.9 Å². The lowest BCUT2D eigenvalue weighted by atomic mass is 9.56. The minimum absolute atomic E-state index is 0.0212. The number of fused-ring (bicyclic) bond motifs is 6. The Labute approximate surface area is 375 Å². The van der Waals surface area contributed by atoms with E-state index >= 15 is 0 Å². The summed E-state index contributed by atoms with van der Waals surface area (Å²) >= 11 is 0. The van der Waals surface area contributed by atoms with E-state index in [0.29, 0.717) is 44.0 Å². The van der Waals surface area contributed by atoms with Crippen molar-refractivity contribution in [3.8, 4) is 0 Å². The molecule has 0 saturated heterocycles. The van der Waals surface area contributed by atoms with Crippen LogP contribution in [0.4, 0.5) is 0 Å². The molecular weight excluding hydrogens is 789 g/mol. The van der Waals surface area contributed by atoms with Crippen LogP contribution in [0.5, 0.6) is 0 Å². The summed E-state index contributed by atoms with van der Waals surface area (Å²) in [4.78, 5) is 34.7. The Bertz CT molecular complexity index is 2260. The Hall–Kier alpha value is -4.12. The SMILES string of the molecule is CCC[C@@]1(O)CC[C@@]2(CC)c3ccc(C(=O)Cc4cccnc4C)cc3COC(O)[C@H]2C1.CCC[C@@]1(O)CC[C@@]2(CC)c3ccc(C(=O)Cc4cccnc4C)cc3COC[C@H]2C1. The minimum Gasteiger partial charge on any atom is -0.390 e. The number of ether oxygens (including phenoxy) is 2. The third-order valence-corrected chi connectivity index (χ3v) is 15.7. The lowest BCUT2D eigenvalue weighted by Gasteiger charge is -2.50. The smallest absolute Gasteiger partial charge is 0.167 e. The van der Waals surface area contributed by atoms with E-state index in [9.17, 15) is 24.9 Å². The molecule has 2 aliphatic carbocycles. The molecule has 9 heteroatoms. The average Bonchev–Trinajstić information content (AvgIpc) is 3.50. The van der Waals surface area contributed by atoms with Crippen LogP contribution >= 0.6 is 0 Å². The highest BCUT2D eigenvalue weighted by Gasteiger charge is 2.53. The fraction of sp³-hybridized carbons (Fsp3) is 0.556. The number of hydrogen-bond acceptors (Lipinski definition) is 9. The van der Waals surface area contributed by atoms with Crippen LogP contribution in [-0.4, -0.2) is 61.0 Å². The summed E-state index contributed by atoms with van der Waals surface area (Å²) in [6, 6.07) is 19.8. The number of carbonyl (C=O) groups is 2. The van der Waals surface area contributed by atoms with Crippen molar-refractivity contribution < 1.29 is 34.4 Å². The minimum atomic E-state index is -0.928. The summed E-state index contributed by atoms with van der Waals surface area (Å²) in [5.41, 5.74) is 8.15. The molecule has 2 aliphatic heterocycles. The fourth-order valence-corrected chi connectivity index (χ4v) is 12.0. The molecule has 338 valence electrons. The van der Waals surface area contributed by atoms with E-state index in [2.05, 4.69) is 55.9 Å². The number of benzene rings is 2. The van der Waals surface area contributed by atoms with E-state index in [1.54, 1.807) is 12.4 Å². The summed E-state index contributed by atoms with van der Waals surface area (Å²) in [7, 11) is 0. The molecule has 0 bridgehead atoms. The van der Waals surface area contributed by atoms with Crippen molar-refractivity contribution in [3.63, 3.8) is 0 Å². The van der Waals surface area contributed by atoms with Gasteiger partial charge in [0.05, 0.1) is 31.0 Å². The van der Waals surface area contributed by atoms with Gasteiger partial charge in [0.1, 0.15) is 0 Å². The number of carbonyl (C=O) groups excluding carboxylic acids is 2. The third-order valence-electron chi connectivity index (χ3n) is 15.7. The molecule has 3 N–H and O–H groups in total. The van der Waals surface area contributed by atoms with Crippen molar-refractivity contribution in [3.05, 3.63) is 129 Å². The summed E-state index contributed by atoms with van der Waals surface area (Å²) in [6.45, 7) is 14.0. The molecule has 4 aromatic rings. The molecule has 2 saturated carbocycles. The van der Waals surface area contributed by atoms with Crippen molar-refractivity contribution >= 4 is 11.6 Å². The Morgan fingerprint density at radius 1 is 0.683 bits per heavy atom. The lowest BCUT2D eigenvalue weighted by Crippen LogP contribution is -2.51. The van der Waals surface area contributed by atoms with Crippen molar-refractivity contribution in [2.45, 2.75) is 173 Å². The Kier molecular flexibility index (Phi) is 14.5. The topological polar surface area (TPSA) is 139 Å². The standard InChI is InChI=1S/C27H35NO4.C27H35NO3/c1-4-10-26(31)11-12-27(5-2)22-9-8-20(14-21(22)17-32-25(30)23(27)16-26)24(29)15-19-7-6-13-28-18(19)3;1-4-10-26(30)11-12-27(5-2)23(16-26)18-31-17-22-14-21(8-9-24(22)27)25(29)15-20-7-6-13-28-19(20)3/h6-9,13-14,23,25,30-31H,4-5,10-12,15-17H2,1-3H3;6-9,13-14,23,30H,4-5,10-12,15-18H2,1-3H3/t23-,25?,26-,27+;23-,26-,27-/m11/s1. The van der Waals surface area contributed by atoms with Crippen molar-refractivity contribution in [1.29, 1.82) is 0 Å². The predicted octanol–water partition coefficient (Wildman–Crippen LogP) is 9.97. The van der Waals surface area contributed by atoms with Gasteiger partial charge in [-0.05, 0) is 142 Å². The first kappa shape index (κ1) is 46.9. The predicted molar refractivity (Wildman–Crippen MR) is 246 cm³/mol. The van der Waals surface area contributed by atoms with Gasteiger partial charge in [-0.3, -0.25) is 19.6 Å². The van der Waals surface area contributed by atoms with Crippen LogP contribution in [-0.2, 0) is 46.4 Å². The van der Waals surface area contributed by atoms with Gasteiger partial charge in [-0.1, -0.05) is 76.9 Å². The molecule has 1 unspecified atom stereocenters. The van der Waals surface area contributed by atoms with E-state index < -0.39 is 17.5 Å². The number of aromatic nitrogens is 2.